The van der Waals surface area contributed by atoms with Crippen LogP contribution in [0.4, 0.5) is 5.69 Å². The summed E-state index contributed by atoms with van der Waals surface area (Å²) in [4.78, 5) is 25.9. The summed E-state index contributed by atoms with van der Waals surface area (Å²) in [6.07, 6.45) is 2.06. The van der Waals surface area contributed by atoms with Gasteiger partial charge in [0, 0.05) is 46.3 Å². The van der Waals surface area contributed by atoms with E-state index in [1.165, 1.54) is 11.8 Å². The van der Waals surface area contributed by atoms with Gasteiger partial charge >= 0.3 is 0 Å². The first-order valence-electron chi connectivity index (χ1n) is 10.9. The number of hydrogen-bond donors (Lipinski definition) is 2. The van der Waals surface area contributed by atoms with E-state index in [0.29, 0.717) is 24.4 Å². The number of carbonyl (C=O) groups is 2. The highest BCUT2D eigenvalue weighted by Gasteiger charge is 2.12. The molecular formula is C27H27N3O2S. The summed E-state index contributed by atoms with van der Waals surface area (Å²) in [5.41, 5.74) is 4.76. The summed E-state index contributed by atoms with van der Waals surface area (Å²) < 4.78 is 2.13. The van der Waals surface area contributed by atoms with Crippen LogP contribution in [0.5, 0.6) is 0 Å². The van der Waals surface area contributed by atoms with Crippen molar-refractivity contribution in [3.05, 3.63) is 95.7 Å². The highest BCUT2D eigenvalue weighted by Crippen LogP contribution is 2.30. The molecule has 4 rings (SSSR count). The molecule has 5 nitrogen and oxygen atoms in total. The number of rotatable bonds is 8. The average molecular weight is 458 g/mol. The Morgan fingerprint density at radius 3 is 2.52 bits per heavy atom. The van der Waals surface area contributed by atoms with Crippen LogP contribution >= 0.6 is 11.8 Å². The van der Waals surface area contributed by atoms with Gasteiger partial charge in [0.2, 0.25) is 5.91 Å². The number of fused-ring (bicyclic) bond motifs is 1. The molecule has 6 heteroatoms. The van der Waals surface area contributed by atoms with Crippen molar-refractivity contribution in [2.45, 2.75) is 25.3 Å². The van der Waals surface area contributed by atoms with E-state index in [4.69, 9.17) is 0 Å². The van der Waals surface area contributed by atoms with E-state index >= 15 is 0 Å². The molecule has 0 spiro atoms. The van der Waals surface area contributed by atoms with E-state index in [1.807, 2.05) is 62.4 Å². The van der Waals surface area contributed by atoms with E-state index in [9.17, 15) is 9.59 Å². The van der Waals surface area contributed by atoms with E-state index in [0.717, 1.165) is 32.6 Å². The molecule has 0 aliphatic rings. The van der Waals surface area contributed by atoms with Gasteiger partial charge in [0.05, 0.1) is 5.75 Å². The molecule has 1 heterocycles. The van der Waals surface area contributed by atoms with E-state index < -0.39 is 0 Å². The molecule has 0 radical (unpaired) electrons. The predicted molar refractivity (Wildman–Crippen MR) is 136 cm³/mol. The molecule has 3 aromatic carbocycles. The SMILES string of the molecule is Cc1ccc(C)c(NC(=O)CSc2cn(CCNC(=O)c3ccccc3)c3ccccc23)c1. The van der Waals surface area contributed by atoms with Gasteiger partial charge in [-0.25, -0.2) is 0 Å². The Balaban J connectivity index is 1.40. The van der Waals surface area contributed by atoms with Crippen LogP contribution in [-0.4, -0.2) is 28.7 Å². The Morgan fingerprint density at radius 1 is 0.939 bits per heavy atom. The first-order valence-corrected chi connectivity index (χ1v) is 11.9. The Kier molecular flexibility index (Phi) is 7.15. The van der Waals surface area contributed by atoms with Gasteiger partial charge in [-0.15, -0.1) is 11.8 Å². The minimum atomic E-state index is -0.0789. The zero-order chi connectivity index (χ0) is 23.2. The van der Waals surface area contributed by atoms with Crippen LogP contribution < -0.4 is 10.6 Å². The van der Waals surface area contributed by atoms with Crippen molar-refractivity contribution in [3.63, 3.8) is 0 Å². The molecule has 33 heavy (non-hydrogen) atoms. The number of benzene rings is 3. The van der Waals surface area contributed by atoms with Crippen molar-refractivity contribution >= 4 is 40.2 Å². The summed E-state index contributed by atoms with van der Waals surface area (Å²) in [5.74, 6) is 0.219. The fourth-order valence-corrected chi connectivity index (χ4v) is 4.58. The molecule has 2 N–H and O–H groups in total. The zero-order valence-corrected chi connectivity index (χ0v) is 19.6. The van der Waals surface area contributed by atoms with Gasteiger partial charge in [0.1, 0.15) is 0 Å². The minimum Gasteiger partial charge on any atom is -0.350 e. The Labute approximate surface area is 198 Å². The summed E-state index contributed by atoms with van der Waals surface area (Å²) in [5, 5.41) is 7.11. The highest BCUT2D eigenvalue weighted by molar-refractivity contribution is 8.00. The molecule has 0 saturated heterocycles. The first kappa shape index (κ1) is 22.7. The van der Waals surface area contributed by atoms with Gasteiger partial charge in [0.15, 0.2) is 0 Å². The van der Waals surface area contributed by atoms with Crippen molar-refractivity contribution in [2.75, 3.05) is 17.6 Å². The van der Waals surface area contributed by atoms with Crippen LogP contribution in [-0.2, 0) is 11.3 Å². The molecule has 0 fully saturated rings. The van der Waals surface area contributed by atoms with Gasteiger partial charge in [-0.3, -0.25) is 9.59 Å². The standard InChI is InChI=1S/C27H27N3O2S/c1-19-12-13-20(2)23(16-19)29-26(31)18-33-25-17-30(24-11-7-6-10-22(24)25)15-14-28-27(32)21-8-4-3-5-9-21/h3-13,16-17H,14-15,18H2,1-2H3,(H,28,32)(H,29,31). The number of nitrogens with zero attached hydrogens (tertiary/aromatic N) is 1. The maximum absolute atomic E-state index is 12.6. The number of nitrogens with one attached hydrogen (secondary N) is 2. The summed E-state index contributed by atoms with van der Waals surface area (Å²) in [6, 6.07) is 23.4. The van der Waals surface area contributed by atoms with Crippen LogP contribution in [0, 0.1) is 13.8 Å². The number of carbonyl (C=O) groups excluding carboxylic acids is 2. The predicted octanol–water partition coefficient (Wildman–Crippen LogP) is 5.42. The topological polar surface area (TPSA) is 63.1 Å². The average Bonchev–Trinajstić information content (AvgIpc) is 3.18. The molecule has 0 aliphatic carbocycles. The summed E-state index contributed by atoms with van der Waals surface area (Å²) >= 11 is 1.52. The maximum atomic E-state index is 12.6. The number of aromatic nitrogens is 1. The smallest absolute Gasteiger partial charge is 0.251 e. The van der Waals surface area contributed by atoms with Crippen LogP contribution in [0.2, 0.25) is 0 Å². The van der Waals surface area contributed by atoms with Crippen LogP contribution in [0.3, 0.4) is 0 Å². The summed E-state index contributed by atoms with van der Waals surface area (Å²) in [7, 11) is 0. The number of thioether (sulfide) groups is 1. The van der Waals surface area contributed by atoms with Crippen molar-refractivity contribution in [1.82, 2.24) is 9.88 Å². The monoisotopic (exact) mass is 457 g/mol. The molecule has 0 saturated carbocycles. The second-order valence-corrected chi connectivity index (χ2v) is 9.00. The minimum absolute atomic E-state index is 0.0272. The molecule has 0 unspecified atom stereocenters. The largest absolute Gasteiger partial charge is 0.350 e. The normalized spacial score (nSPS) is 10.8. The number of para-hydroxylation sites is 1. The Bertz CT molecular complexity index is 1280. The molecule has 0 aliphatic heterocycles. The fourth-order valence-electron chi connectivity index (χ4n) is 3.69. The van der Waals surface area contributed by atoms with Gasteiger partial charge in [-0.2, -0.15) is 0 Å². The quantitative estimate of drug-likeness (QED) is 0.347. The lowest BCUT2D eigenvalue weighted by molar-refractivity contribution is -0.113. The van der Waals surface area contributed by atoms with Crippen molar-refractivity contribution in [3.8, 4) is 0 Å². The van der Waals surface area contributed by atoms with Crippen molar-refractivity contribution < 1.29 is 9.59 Å². The third-order valence-corrected chi connectivity index (χ3v) is 6.50. The van der Waals surface area contributed by atoms with Crippen molar-refractivity contribution in [1.29, 1.82) is 0 Å². The molecule has 4 aromatic rings. The number of amides is 2. The third kappa shape index (κ3) is 5.65. The lowest BCUT2D eigenvalue weighted by atomic mass is 10.1. The second-order valence-electron chi connectivity index (χ2n) is 7.98. The lowest BCUT2D eigenvalue weighted by Gasteiger charge is -2.09. The molecule has 1 aromatic heterocycles. The Hall–Kier alpha value is -3.51. The van der Waals surface area contributed by atoms with E-state index in [2.05, 4.69) is 33.5 Å². The molecule has 0 bridgehead atoms. The van der Waals surface area contributed by atoms with Gasteiger partial charge in [-0.1, -0.05) is 48.5 Å². The maximum Gasteiger partial charge on any atom is 0.251 e. The molecule has 2 amide bonds. The number of aryl methyl sites for hydroxylation is 2. The molecular weight excluding hydrogens is 430 g/mol. The van der Waals surface area contributed by atoms with Crippen LogP contribution in [0.15, 0.2) is 83.9 Å². The highest BCUT2D eigenvalue weighted by atomic mass is 32.2. The second kappa shape index (κ2) is 10.4. The Morgan fingerprint density at radius 2 is 1.70 bits per heavy atom. The van der Waals surface area contributed by atoms with E-state index in [-0.39, 0.29) is 11.8 Å². The van der Waals surface area contributed by atoms with Crippen LogP contribution in [0.25, 0.3) is 10.9 Å². The van der Waals surface area contributed by atoms with Gasteiger partial charge < -0.3 is 15.2 Å². The van der Waals surface area contributed by atoms with E-state index in [1.54, 1.807) is 12.1 Å². The van der Waals surface area contributed by atoms with Gasteiger partial charge in [0.25, 0.3) is 5.91 Å². The number of anilines is 1. The van der Waals surface area contributed by atoms with Gasteiger partial charge in [-0.05, 0) is 49.2 Å². The third-order valence-electron chi connectivity index (χ3n) is 5.45. The van der Waals surface area contributed by atoms with Crippen molar-refractivity contribution in [2.24, 2.45) is 0 Å². The molecule has 168 valence electrons. The molecule has 0 atom stereocenters. The summed E-state index contributed by atoms with van der Waals surface area (Å²) in [6.45, 7) is 5.17. The lowest BCUT2D eigenvalue weighted by Crippen LogP contribution is -2.26. The first-order chi connectivity index (χ1) is 16.0. The zero-order valence-electron chi connectivity index (χ0n) is 18.8. The number of hydrogen-bond acceptors (Lipinski definition) is 3. The fraction of sp³-hybridized carbons (Fsp3) is 0.185. The van der Waals surface area contributed by atoms with Crippen LogP contribution in [0.1, 0.15) is 21.5 Å².